The second-order valence-electron chi connectivity index (χ2n) is 7.56. The van der Waals surface area contributed by atoms with Crippen LogP contribution < -0.4 is 15.4 Å². The Kier molecular flexibility index (Phi) is 5.24. The number of methoxy groups -OCH3 is 2. The van der Waals surface area contributed by atoms with E-state index in [1.807, 2.05) is 30.3 Å². The van der Waals surface area contributed by atoms with E-state index < -0.39 is 5.54 Å². The summed E-state index contributed by atoms with van der Waals surface area (Å²) in [7, 11) is 3.37. The number of rotatable bonds is 5. The van der Waals surface area contributed by atoms with Gasteiger partial charge in [-0.05, 0) is 42.7 Å². The molecular formula is C22H27N3O3. The molecule has 2 heterocycles. The van der Waals surface area contributed by atoms with E-state index in [-0.39, 0.29) is 5.91 Å². The zero-order valence-electron chi connectivity index (χ0n) is 16.5. The zero-order valence-corrected chi connectivity index (χ0v) is 16.5. The zero-order chi connectivity index (χ0) is 19.6. The summed E-state index contributed by atoms with van der Waals surface area (Å²) in [4.78, 5) is 15.2. The Morgan fingerprint density at radius 1 is 1.07 bits per heavy atom. The van der Waals surface area contributed by atoms with Crippen LogP contribution in [0.25, 0.3) is 0 Å². The van der Waals surface area contributed by atoms with E-state index in [9.17, 15) is 4.79 Å². The third-order valence-electron chi connectivity index (χ3n) is 5.74. The number of benzene rings is 2. The standard InChI is InChI=1S/C22H27N3O3/c1-27-15-17-13-16(7-8-20(17)28-2)14-25-11-9-22(10-12-25)21(26)23-18-5-3-4-6-19(18)24-22/h3-8,13,24H,9-12,14-15H2,1-2H3,(H,23,26). The maximum atomic E-state index is 12.8. The minimum atomic E-state index is -0.508. The van der Waals surface area contributed by atoms with Crippen LogP contribution in [0.3, 0.4) is 0 Å². The van der Waals surface area contributed by atoms with Crippen molar-refractivity contribution in [3.8, 4) is 5.75 Å². The molecule has 28 heavy (non-hydrogen) atoms. The minimum absolute atomic E-state index is 0.0812. The number of anilines is 2. The molecule has 1 spiro atoms. The molecule has 2 aliphatic heterocycles. The first-order valence-electron chi connectivity index (χ1n) is 9.69. The van der Waals surface area contributed by atoms with Gasteiger partial charge in [-0.2, -0.15) is 0 Å². The largest absolute Gasteiger partial charge is 0.496 e. The molecule has 0 aliphatic carbocycles. The van der Waals surface area contributed by atoms with Crippen LogP contribution in [0.15, 0.2) is 42.5 Å². The molecule has 0 atom stereocenters. The number of fused-ring (bicyclic) bond motifs is 1. The predicted molar refractivity (Wildman–Crippen MR) is 110 cm³/mol. The summed E-state index contributed by atoms with van der Waals surface area (Å²) in [5.74, 6) is 0.933. The summed E-state index contributed by atoms with van der Waals surface area (Å²) in [5, 5.41) is 6.59. The van der Waals surface area contributed by atoms with Gasteiger partial charge in [-0.3, -0.25) is 9.69 Å². The molecule has 4 rings (SSSR count). The highest BCUT2D eigenvalue weighted by Crippen LogP contribution is 2.36. The summed E-state index contributed by atoms with van der Waals surface area (Å²) in [6, 6.07) is 14.1. The second kappa shape index (κ2) is 7.81. The van der Waals surface area contributed by atoms with Gasteiger partial charge < -0.3 is 20.1 Å². The Bertz CT molecular complexity index is 860. The number of nitrogens with zero attached hydrogens (tertiary/aromatic N) is 1. The summed E-state index contributed by atoms with van der Waals surface area (Å²) < 4.78 is 10.7. The quantitative estimate of drug-likeness (QED) is 0.833. The van der Waals surface area contributed by atoms with Crippen LogP contribution in [0, 0.1) is 0 Å². The van der Waals surface area contributed by atoms with E-state index in [2.05, 4.69) is 27.7 Å². The van der Waals surface area contributed by atoms with E-state index in [4.69, 9.17) is 9.47 Å². The first-order chi connectivity index (χ1) is 13.6. The first-order valence-corrected chi connectivity index (χ1v) is 9.69. The number of hydrogen-bond acceptors (Lipinski definition) is 5. The van der Waals surface area contributed by atoms with Gasteiger partial charge in [0, 0.05) is 32.3 Å². The number of amides is 1. The molecule has 1 saturated heterocycles. The van der Waals surface area contributed by atoms with Crippen LogP contribution in [-0.2, 0) is 22.7 Å². The molecule has 0 unspecified atom stereocenters. The van der Waals surface area contributed by atoms with E-state index in [1.165, 1.54) is 5.56 Å². The van der Waals surface area contributed by atoms with E-state index in [0.29, 0.717) is 6.61 Å². The van der Waals surface area contributed by atoms with E-state index >= 15 is 0 Å². The van der Waals surface area contributed by atoms with Crippen molar-refractivity contribution in [2.75, 3.05) is 37.9 Å². The average molecular weight is 381 g/mol. The molecule has 2 aromatic rings. The van der Waals surface area contributed by atoms with Crippen molar-refractivity contribution in [3.05, 3.63) is 53.6 Å². The molecular weight excluding hydrogens is 354 g/mol. The van der Waals surface area contributed by atoms with Gasteiger partial charge in [-0.1, -0.05) is 18.2 Å². The van der Waals surface area contributed by atoms with Crippen LogP contribution in [0.1, 0.15) is 24.0 Å². The van der Waals surface area contributed by atoms with Gasteiger partial charge in [0.15, 0.2) is 0 Å². The van der Waals surface area contributed by atoms with Crippen molar-refractivity contribution < 1.29 is 14.3 Å². The van der Waals surface area contributed by atoms with Crippen molar-refractivity contribution in [2.24, 2.45) is 0 Å². The van der Waals surface area contributed by atoms with Crippen molar-refractivity contribution in [1.29, 1.82) is 0 Å². The third kappa shape index (κ3) is 3.57. The van der Waals surface area contributed by atoms with Gasteiger partial charge in [0.25, 0.3) is 0 Å². The van der Waals surface area contributed by atoms with Crippen LogP contribution in [0.2, 0.25) is 0 Å². The van der Waals surface area contributed by atoms with E-state index in [0.717, 1.165) is 55.2 Å². The summed E-state index contributed by atoms with van der Waals surface area (Å²) in [6.07, 6.45) is 1.57. The fraction of sp³-hybridized carbons (Fsp3) is 0.409. The first kappa shape index (κ1) is 18.8. The molecule has 0 radical (unpaired) electrons. The summed E-state index contributed by atoms with van der Waals surface area (Å²) in [6.45, 7) is 3.13. The van der Waals surface area contributed by atoms with Gasteiger partial charge in [-0.25, -0.2) is 0 Å². The molecule has 1 amide bonds. The smallest absolute Gasteiger partial charge is 0.250 e. The topological polar surface area (TPSA) is 62.8 Å². The second-order valence-corrected chi connectivity index (χ2v) is 7.56. The normalized spacial score (nSPS) is 18.3. The molecule has 6 heteroatoms. The minimum Gasteiger partial charge on any atom is -0.496 e. The van der Waals surface area contributed by atoms with Crippen molar-refractivity contribution in [1.82, 2.24) is 4.90 Å². The lowest BCUT2D eigenvalue weighted by Gasteiger charge is -2.44. The number of para-hydroxylation sites is 2. The fourth-order valence-electron chi connectivity index (χ4n) is 4.16. The number of carbonyl (C=O) groups is 1. The molecule has 148 valence electrons. The lowest BCUT2D eigenvalue weighted by molar-refractivity contribution is -0.122. The highest BCUT2D eigenvalue weighted by Gasteiger charge is 2.44. The third-order valence-corrected chi connectivity index (χ3v) is 5.74. The Hall–Kier alpha value is -2.57. The summed E-state index contributed by atoms with van der Waals surface area (Å²) >= 11 is 0. The molecule has 2 aliphatic rings. The Labute approximate surface area is 165 Å². The Morgan fingerprint density at radius 3 is 2.54 bits per heavy atom. The Balaban J connectivity index is 1.42. The van der Waals surface area contributed by atoms with Gasteiger partial charge in [-0.15, -0.1) is 0 Å². The number of nitrogens with one attached hydrogen (secondary N) is 2. The number of ether oxygens (including phenoxy) is 2. The molecule has 0 bridgehead atoms. The maximum Gasteiger partial charge on any atom is 0.250 e. The van der Waals surface area contributed by atoms with Crippen LogP contribution in [-0.4, -0.2) is 43.7 Å². The number of carbonyl (C=O) groups excluding carboxylic acids is 1. The molecule has 2 aromatic carbocycles. The predicted octanol–water partition coefficient (Wildman–Crippen LogP) is 3.24. The highest BCUT2D eigenvalue weighted by molar-refractivity contribution is 6.06. The Morgan fingerprint density at radius 2 is 1.82 bits per heavy atom. The lowest BCUT2D eigenvalue weighted by atomic mass is 9.84. The van der Waals surface area contributed by atoms with Crippen LogP contribution >= 0.6 is 0 Å². The van der Waals surface area contributed by atoms with Crippen molar-refractivity contribution >= 4 is 17.3 Å². The number of likely N-dealkylation sites (tertiary alicyclic amines) is 1. The van der Waals surface area contributed by atoms with Crippen molar-refractivity contribution in [3.63, 3.8) is 0 Å². The van der Waals surface area contributed by atoms with Crippen LogP contribution in [0.5, 0.6) is 5.75 Å². The van der Waals surface area contributed by atoms with Gasteiger partial charge in [0.1, 0.15) is 11.3 Å². The highest BCUT2D eigenvalue weighted by atomic mass is 16.5. The van der Waals surface area contributed by atoms with Gasteiger partial charge in [0.05, 0.1) is 25.1 Å². The number of piperidine rings is 1. The monoisotopic (exact) mass is 381 g/mol. The molecule has 6 nitrogen and oxygen atoms in total. The molecule has 0 saturated carbocycles. The van der Waals surface area contributed by atoms with Crippen molar-refractivity contribution in [2.45, 2.75) is 31.5 Å². The molecule has 2 N–H and O–H groups in total. The fourth-order valence-corrected chi connectivity index (χ4v) is 4.16. The van der Waals surface area contributed by atoms with E-state index in [1.54, 1.807) is 14.2 Å². The maximum absolute atomic E-state index is 12.8. The number of hydrogen-bond donors (Lipinski definition) is 2. The van der Waals surface area contributed by atoms with Gasteiger partial charge in [0.2, 0.25) is 5.91 Å². The molecule has 0 aromatic heterocycles. The summed E-state index contributed by atoms with van der Waals surface area (Å²) in [5.41, 5.74) is 3.65. The SMILES string of the molecule is COCc1cc(CN2CCC3(CC2)Nc2ccccc2NC3=O)ccc1OC. The lowest BCUT2D eigenvalue weighted by Crippen LogP contribution is -2.58. The average Bonchev–Trinajstić information content (AvgIpc) is 2.71. The van der Waals surface area contributed by atoms with Gasteiger partial charge >= 0.3 is 0 Å². The van der Waals surface area contributed by atoms with Crippen LogP contribution in [0.4, 0.5) is 11.4 Å². The molecule has 1 fully saturated rings.